The van der Waals surface area contributed by atoms with Crippen LogP contribution in [0, 0.1) is 12.7 Å². The second kappa shape index (κ2) is 6.19. The van der Waals surface area contributed by atoms with Gasteiger partial charge < -0.3 is 10.2 Å². The number of aryl methyl sites for hydroxylation is 1. The number of nitrogens with one attached hydrogen (secondary N) is 1. The zero-order valence-electron chi connectivity index (χ0n) is 11.4. The van der Waals surface area contributed by atoms with Crippen molar-refractivity contribution in [1.82, 2.24) is 5.32 Å². The van der Waals surface area contributed by atoms with Gasteiger partial charge in [0.2, 0.25) is 0 Å². The second-order valence-electron chi connectivity index (χ2n) is 5.12. The molecule has 100 valence electrons. The molecule has 0 aliphatic carbocycles. The molecule has 1 fully saturated rings. The fourth-order valence-electron chi connectivity index (χ4n) is 2.68. The summed E-state index contributed by atoms with van der Waals surface area (Å²) < 4.78 is 13.9. The van der Waals surface area contributed by atoms with Crippen LogP contribution in [-0.2, 0) is 0 Å². The first-order valence-electron chi connectivity index (χ1n) is 6.95. The molecular formula is C15H23FN2. The van der Waals surface area contributed by atoms with Gasteiger partial charge in [-0.2, -0.15) is 0 Å². The van der Waals surface area contributed by atoms with Crippen LogP contribution in [0.2, 0.25) is 0 Å². The first-order valence-corrected chi connectivity index (χ1v) is 6.95. The first-order chi connectivity index (χ1) is 8.72. The molecule has 0 unspecified atom stereocenters. The van der Waals surface area contributed by atoms with Gasteiger partial charge in [0.1, 0.15) is 5.82 Å². The molecule has 2 rings (SSSR count). The number of rotatable bonds is 4. The van der Waals surface area contributed by atoms with Crippen LogP contribution in [-0.4, -0.2) is 25.7 Å². The molecule has 1 heterocycles. The molecule has 1 aliphatic heterocycles. The molecule has 0 bridgehead atoms. The van der Waals surface area contributed by atoms with Crippen molar-refractivity contribution in [3.8, 4) is 0 Å². The van der Waals surface area contributed by atoms with E-state index in [-0.39, 0.29) is 5.82 Å². The van der Waals surface area contributed by atoms with E-state index in [0.717, 1.165) is 43.7 Å². The van der Waals surface area contributed by atoms with E-state index < -0.39 is 0 Å². The zero-order valence-corrected chi connectivity index (χ0v) is 11.4. The highest BCUT2D eigenvalue weighted by Crippen LogP contribution is 2.26. The van der Waals surface area contributed by atoms with Crippen molar-refractivity contribution in [2.24, 2.45) is 0 Å². The number of halogens is 1. The average molecular weight is 250 g/mol. The minimum Gasteiger partial charge on any atom is -0.369 e. The predicted octanol–water partition coefficient (Wildman–Crippen LogP) is 3.10. The van der Waals surface area contributed by atoms with E-state index in [1.807, 2.05) is 13.0 Å². The molecule has 1 aromatic rings. The van der Waals surface area contributed by atoms with Crippen molar-refractivity contribution < 1.29 is 4.39 Å². The van der Waals surface area contributed by atoms with Gasteiger partial charge in [-0.1, -0.05) is 19.1 Å². The molecule has 0 spiro atoms. The predicted molar refractivity (Wildman–Crippen MR) is 74.7 cm³/mol. The van der Waals surface area contributed by atoms with E-state index in [1.165, 1.54) is 6.42 Å². The van der Waals surface area contributed by atoms with Crippen LogP contribution < -0.4 is 10.2 Å². The third-order valence-electron chi connectivity index (χ3n) is 3.68. The largest absolute Gasteiger partial charge is 0.369 e. The molecule has 1 aromatic carbocycles. The maximum absolute atomic E-state index is 13.9. The molecule has 0 aromatic heterocycles. The SMILES string of the molecule is CCCNC1CCN(c2c(C)cccc2F)CC1. The smallest absolute Gasteiger partial charge is 0.146 e. The minimum atomic E-state index is -0.0880. The van der Waals surface area contributed by atoms with Gasteiger partial charge in [-0.15, -0.1) is 0 Å². The molecule has 0 atom stereocenters. The van der Waals surface area contributed by atoms with Gasteiger partial charge in [0.05, 0.1) is 5.69 Å². The molecule has 3 heteroatoms. The molecule has 1 N–H and O–H groups in total. The van der Waals surface area contributed by atoms with Crippen molar-refractivity contribution in [2.45, 2.75) is 39.2 Å². The van der Waals surface area contributed by atoms with Crippen molar-refractivity contribution in [3.63, 3.8) is 0 Å². The Bertz CT molecular complexity index is 364. The highest BCUT2D eigenvalue weighted by atomic mass is 19.1. The quantitative estimate of drug-likeness (QED) is 0.883. The van der Waals surface area contributed by atoms with Crippen molar-refractivity contribution in [2.75, 3.05) is 24.5 Å². The van der Waals surface area contributed by atoms with E-state index in [1.54, 1.807) is 12.1 Å². The van der Waals surface area contributed by atoms with Crippen LogP contribution in [0.5, 0.6) is 0 Å². The standard InChI is InChI=1S/C15H23FN2/c1-3-9-17-13-7-10-18(11-8-13)15-12(2)5-4-6-14(15)16/h4-6,13,17H,3,7-11H2,1-2H3. The number of benzene rings is 1. The summed E-state index contributed by atoms with van der Waals surface area (Å²) in [5.41, 5.74) is 1.83. The molecular weight excluding hydrogens is 227 g/mol. The van der Waals surface area contributed by atoms with Gasteiger partial charge in [-0.3, -0.25) is 0 Å². The lowest BCUT2D eigenvalue weighted by atomic mass is 10.0. The Morgan fingerprint density at radius 1 is 1.33 bits per heavy atom. The van der Waals surface area contributed by atoms with Crippen molar-refractivity contribution >= 4 is 5.69 Å². The Morgan fingerprint density at radius 2 is 2.06 bits per heavy atom. The summed E-state index contributed by atoms with van der Waals surface area (Å²) >= 11 is 0. The number of nitrogens with zero attached hydrogens (tertiary/aromatic N) is 1. The Balaban J connectivity index is 1.97. The number of anilines is 1. The molecule has 18 heavy (non-hydrogen) atoms. The molecule has 2 nitrogen and oxygen atoms in total. The van der Waals surface area contributed by atoms with Gasteiger partial charge >= 0.3 is 0 Å². The van der Waals surface area contributed by atoms with Crippen molar-refractivity contribution in [1.29, 1.82) is 0 Å². The van der Waals surface area contributed by atoms with Crippen LogP contribution in [0.15, 0.2) is 18.2 Å². The normalized spacial score (nSPS) is 17.2. The second-order valence-corrected chi connectivity index (χ2v) is 5.12. The molecule has 0 saturated carbocycles. The summed E-state index contributed by atoms with van der Waals surface area (Å²) in [7, 11) is 0. The maximum Gasteiger partial charge on any atom is 0.146 e. The van der Waals surface area contributed by atoms with Crippen LogP contribution in [0.3, 0.4) is 0 Å². The lowest BCUT2D eigenvalue weighted by Gasteiger charge is -2.35. The van der Waals surface area contributed by atoms with Crippen LogP contribution >= 0.6 is 0 Å². The highest BCUT2D eigenvalue weighted by molar-refractivity contribution is 5.54. The summed E-state index contributed by atoms with van der Waals surface area (Å²) in [4.78, 5) is 2.19. The van der Waals surface area contributed by atoms with Gasteiger partial charge in [-0.25, -0.2) is 4.39 Å². The topological polar surface area (TPSA) is 15.3 Å². The van der Waals surface area contributed by atoms with E-state index >= 15 is 0 Å². The monoisotopic (exact) mass is 250 g/mol. The van der Waals surface area contributed by atoms with E-state index in [9.17, 15) is 4.39 Å². The van der Waals surface area contributed by atoms with Crippen LogP contribution in [0.4, 0.5) is 10.1 Å². The lowest BCUT2D eigenvalue weighted by Crippen LogP contribution is -2.43. The van der Waals surface area contributed by atoms with Gasteiger partial charge in [-0.05, 0) is 44.4 Å². The third-order valence-corrected chi connectivity index (χ3v) is 3.68. The average Bonchev–Trinajstić information content (AvgIpc) is 2.37. The van der Waals surface area contributed by atoms with E-state index in [4.69, 9.17) is 0 Å². The molecule has 1 saturated heterocycles. The summed E-state index contributed by atoms with van der Waals surface area (Å²) in [6.45, 7) is 7.15. The minimum absolute atomic E-state index is 0.0880. The summed E-state index contributed by atoms with van der Waals surface area (Å²) in [6, 6.07) is 5.93. The van der Waals surface area contributed by atoms with Gasteiger partial charge in [0, 0.05) is 19.1 Å². The van der Waals surface area contributed by atoms with Gasteiger partial charge in [0.25, 0.3) is 0 Å². The van der Waals surface area contributed by atoms with E-state index in [0.29, 0.717) is 6.04 Å². The van der Waals surface area contributed by atoms with Crippen molar-refractivity contribution in [3.05, 3.63) is 29.6 Å². The molecule has 1 aliphatic rings. The zero-order chi connectivity index (χ0) is 13.0. The molecule has 0 amide bonds. The van der Waals surface area contributed by atoms with Crippen LogP contribution in [0.1, 0.15) is 31.7 Å². The van der Waals surface area contributed by atoms with Crippen LogP contribution in [0.25, 0.3) is 0 Å². The first kappa shape index (κ1) is 13.3. The summed E-state index contributed by atoms with van der Waals surface area (Å²) in [5.74, 6) is -0.0880. The highest BCUT2D eigenvalue weighted by Gasteiger charge is 2.21. The fourth-order valence-corrected chi connectivity index (χ4v) is 2.68. The number of hydrogen-bond acceptors (Lipinski definition) is 2. The van der Waals surface area contributed by atoms with E-state index in [2.05, 4.69) is 17.1 Å². The summed E-state index contributed by atoms with van der Waals surface area (Å²) in [6.07, 6.45) is 3.38. The van der Waals surface area contributed by atoms with Gasteiger partial charge in [0.15, 0.2) is 0 Å². The Morgan fingerprint density at radius 3 is 2.67 bits per heavy atom. The number of piperidine rings is 1. The third kappa shape index (κ3) is 3.02. The Labute approximate surface area is 109 Å². The Kier molecular flexibility index (Phi) is 4.59. The fraction of sp³-hybridized carbons (Fsp3) is 0.600. The number of hydrogen-bond donors (Lipinski definition) is 1. The number of para-hydroxylation sites is 1. The molecule has 0 radical (unpaired) electrons. The Hall–Kier alpha value is -1.09. The maximum atomic E-state index is 13.9. The lowest BCUT2D eigenvalue weighted by molar-refractivity contribution is 0.413. The summed E-state index contributed by atoms with van der Waals surface area (Å²) in [5, 5.41) is 3.55.